The van der Waals surface area contributed by atoms with Crippen LogP contribution in [0.25, 0.3) is 11.2 Å². The first-order chi connectivity index (χ1) is 11.7. The van der Waals surface area contributed by atoms with Gasteiger partial charge in [-0.3, -0.25) is 3.97 Å². The summed E-state index contributed by atoms with van der Waals surface area (Å²) < 4.78 is 2.12. The van der Waals surface area contributed by atoms with Crippen molar-refractivity contribution in [2.75, 3.05) is 11.5 Å². The molecule has 0 radical (unpaired) electrons. The Morgan fingerprint density at radius 3 is 2.16 bits per heavy atom. The lowest BCUT2D eigenvalue weighted by atomic mass is 10.6. The molecule has 140 valence electrons. The second-order valence-corrected chi connectivity index (χ2v) is 22.3. The summed E-state index contributed by atoms with van der Waals surface area (Å²) in [5.74, 6) is 2.24. The minimum absolute atomic E-state index is 0.939. The van der Waals surface area contributed by atoms with Gasteiger partial charge in [0, 0.05) is 21.9 Å². The van der Waals surface area contributed by atoms with Gasteiger partial charge in [-0.2, -0.15) is 0 Å². The van der Waals surface area contributed by atoms with Gasteiger partial charge >= 0.3 is 0 Å². The molecule has 2 rings (SSSR count). The zero-order valence-electron chi connectivity index (χ0n) is 16.5. The number of aromatic nitrogens is 4. The largest absolute Gasteiger partial charge is 0.256 e. The summed E-state index contributed by atoms with van der Waals surface area (Å²) in [7, 11) is -1.88. The van der Waals surface area contributed by atoms with Crippen molar-refractivity contribution in [1.82, 2.24) is 18.9 Å². The predicted molar refractivity (Wildman–Crippen MR) is 119 cm³/mol. The fourth-order valence-electron chi connectivity index (χ4n) is 2.53. The molecule has 4 nitrogen and oxygen atoms in total. The Balaban J connectivity index is 1.92. The van der Waals surface area contributed by atoms with Crippen molar-refractivity contribution in [3.05, 3.63) is 12.7 Å². The van der Waals surface area contributed by atoms with Crippen LogP contribution in [0, 0.1) is 0 Å². The van der Waals surface area contributed by atoms with Crippen molar-refractivity contribution in [2.45, 2.75) is 69.2 Å². The average Bonchev–Trinajstić information content (AvgIpc) is 2.90. The van der Waals surface area contributed by atoms with Crippen LogP contribution in [0.4, 0.5) is 0 Å². The highest BCUT2D eigenvalue weighted by Crippen LogP contribution is 2.27. The summed E-state index contributed by atoms with van der Waals surface area (Å²) in [6.07, 6.45) is 6.12. The number of hydrogen-bond donors (Lipinski definition) is 0. The maximum absolute atomic E-state index is 4.59. The summed E-state index contributed by atoms with van der Waals surface area (Å²) in [6, 6.07) is 2.75. The quantitative estimate of drug-likeness (QED) is 0.211. The maximum atomic E-state index is 4.59. The summed E-state index contributed by atoms with van der Waals surface area (Å²) in [5, 5.41) is 1.03. The Labute approximate surface area is 163 Å². The zero-order chi connectivity index (χ0) is 18.5. The molecule has 2 heterocycles. The van der Waals surface area contributed by atoms with Crippen LogP contribution in [0.2, 0.25) is 51.4 Å². The van der Waals surface area contributed by atoms with E-state index in [1.165, 1.54) is 24.9 Å². The van der Waals surface area contributed by atoms with Crippen LogP contribution < -0.4 is 0 Å². The van der Waals surface area contributed by atoms with E-state index in [4.69, 9.17) is 0 Å². The molecule has 0 aromatic carbocycles. The minimum Gasteiger partial charge on any atom is -0.256 e. The van der Waals surface area contributed by atoms with Gasteiger partial charge in [0.2, 0.25) is 0 Å². The highest BCUT2D eigenvalue weighted by Gasteiger charge is 2.15. The molecule has 2 aromatic heterocycles. The Kier molecular flexibility index (Phi) is 7.60. The monoisotopic (exact) mass is 412 g/mol. The van der Waals surface area contributed by atoms with Gasteiger partial charge in [0.1, 0.15) is 23.2 Å². The van der Waals surface area contributed by atoms with E-state index in [1.54, 1.807) is 6.33 Å². The molecule has 0 unspecified atom stereocenters. The molecule has 0 saturated heterocycles. The van der Waals surface area contributed by atoms with Crippen LogP contribution in [0.3, 0.4) is 0 Å². The average molecular weight is 413 g/mol. The fraction of sp³-hybridized carbons (Fsp3) is 0.706. The summed E-state index contributed by atoms with van der Waals surface area (Å²) in [6.45, 7) is 14.6. The van der Waals surface area contributed by atoms with Crippen LogP contribution in [-0.2, 0) is 0 Å². The number of nitrogens with zero attached hydrogens (tertiary/aromatic N) is 4. The third-order valence-electron chi connectivity index (χ3n) is 3.88. The first-order valence-corrected chi connectivity index (χ1v) is 18.4. The second kappa shape index (κ2) is 9.06. The van der Waals surface area contributed by atoms with E-state index in [1.807, 2.05) is 30.0 Å². The Hall–Kier alpha value is -0.316. The molecule has 0 amide bonds. The number of imidazole rings is 1. The molecule has 0 N–H and O–H groups in total. The molecule has 0 aliphatic heterocycles. The van der Waals surface area contributed by atoms with Crippen molar-refractivity contribution in [3.63, 3.8) is 0 Å². The molecule has 0 aliphatic carbocycles. The molecule has 0 atom stereocenters. The van der Waals surface area contributed by atoms with E-state index in [9.17, 15) is 0 Å². The molecule has 0 aliphatic rings. The topological polar surface area (TPSA) is 43.6 Å². The van der Waals surface area contributed by atoms with E-state index in [0.717, 1.165) is 27.7 Å². The van der Waals surface area contributed by atoms with Crippen LogP contribution in [0.1, 0.15) is 12.8 Å². The van der Waals surface area contributed by atoms with Crippen molar-refractivity contribution in [1.29, 1.82) is 0 Å². The van der Waals surface area contributed by atoms with E-state index >= 15 is 0 Å². The molecule has 0 fully saturated rings. The van der Waals surface area contributed by atoms with Crippen LogP contribution >= 0.6 is 23.7 Å². The lowest BCUT2D eigenvalue weighted by Gasteiger charge is -2.15. The minimum atomic E-state index is -0.944. The van der Waals surface area contributed by atoms with Crippen molar-refractivity contribution in [2.24, 2.45) is 0 Å². The van der Waals surface area contributed by atoms with E-state index < -0.39 is 16.1 Å². The number of thioether (sulfide) groups is 1. The number of fused-ring (bicyclic) bond motifs is 1. The van der Waals surface area contributed by atoms with Crippen molar-refractivity contribution in [3.8, 4) is 0 Å². The third kappa shape index (κ3) is 7.44. The van der Waals surface area contributed by atoms with E-state index in [0.29, 0.717) is 0 Å². The van der Waals surface area contributed by atoms with E-state index in [2.05, 4.69) is 58.2 Å². The third-order valence-corrected chi connectivity index (χ3v) is 9.67. The lowest BCUT2D eigenvalue weighted by Crippen LogP contribution is -2.19. The first-order valence-electron chi connectivity index (χ1n) is 9.10. The fourth-order valence-corrected chi connectivity index (χ4v) is 7.24. The molecule has 8 heteroatoms. The van der Waals surface area contributed by atoms with Crippen molar-refractivity contribution < 1.29 is 0 Å². The normalized spacial score (nSPS) is 12.9. The highest BCUT2D eigenvalue weighted by atomic mass is 32.2. The highest BCUT2D eigenvalue weighted by molar-refractivity contribution is 7.99. The van der Waals surface area contributed by atoms with Crippen molar-refractivity contribution >= 4 is 51.0 Å². The molecule has 0 saturated carbocycles. The van der Waals surface area contributed by atoms with Gasteiger partial charge in [-0.1, -0.05) is 51.4 Å². The van der Waals surface area contributed by atoms with Gasteiger partial charge in [0.25, 0.3) is 0 Å². The summed E-state index contributed by atoms with van der Waals surface area (Å²) in [5.41, 5.74) is 1.92. The standard InChI is InChI=1S/C17H32N4S2Si2/c1-24(2,3)11-7-9-22-17-15-16(18-13-19-17)21(14-20-15)23-10-8-12-25(4,5)6/h13-14H,7-12H2,1-6H3. The van der Waals surface area contributed by atoms with Gasteiger partial charge < -0.3 is 0 Å². The summed E-state index contributed by atoms with van der Waals surface area (Å²) in [4.78, 5) is 13.5. The molecule has 25 heavy (non-hydrogen) atoms. The van der Waals surface area contributed by atoms with Crippen LogP contribution in [0.5, 0.6) is 0 Å². The van der Waals surface area contributed by atoms with Gasteiger partial charge in [-0.05, 0) is 30.5 Å². The van der Waals surface area contributed by atoms with Crippen LogP contribution in [-0.4, -0.2) is 46.6 Å². The van der Waals surface area contributed by atoms with Gasteiger partial charge in [0.15, 0.2) is 5.65 Å². The SMILES string of the molecule is C[Si](C)(C)CCCSc1ncnc2c1ncn2SCCC[Si](C)(C)C. The van der Waals surface area contributed by atoms with Crippen LogP contribution in [0.15, 0.2) is 17.7 Å². The smallest absolute Gasteiger partial charge is 0.174 e. The lowest BCUT2D eigenvalue weighted by molar-refractivity contribution is 1.04. The van der Waals surface area contributed by atoms with Gasteiger partial charge in [-0.25, -0.2) is 15.0 Å². The Morgan fingerprint density at radius 1 is 0.880 bits per heavy atom. The molecule has 0 bridgehead atoms. The summed E-state index contributed by atoms with van der Waals surface area (Å²) >= 11 is 3.65. The Morgan fingerprint density at radius 2 is 1.52 bits per heavy atom. The number of hydrogen-bond acceptors (Lipinski definition) is 5. The molecule has 2 aromatic rings. The van der Waals surface area contributed by atoms with Gasteiger partial charge in [0.05, 0.1) is 0 Å². The first kappa shape index (κ1) is 21.0. The second-order valence-electron chi connectivity index (χ2n) is 8.93. The van der Waals surface area contributed by atoms with Gasteiger partial charge in [-0.15, -0.1) is 11.8 Å². The molecular formula is C17H32N4S2Si2. The Bertz CT molecular complexity index is 677. The molecule has 0 spiro atoms. The molecular weight excluding hydrogens is 381 g/mol. The number of rotatable bonds is 10. The van der Waals surface area contributed by atoms with E-state index in [-0.39, 0.29) is 0 Å². The zero-order valence-corrected chi connectivity index (χ0v) is 20.1. The predicted octanol–water partition coefficient (Wildman–Crippen LogP) is 5.87. The maximum Gasteiger partial charge on any atom is 0.174 e.